The van der Waals surface area contributed by atoms with Gasteiger partial charge in [-0.3, -0.25) is 9.89 Å². The van der Waals surface area contributed by atoms with E-state index in [1.54, 1.807) is 17.4 Å². The number of nitrogens with zero attached hydrogens (tertiary/aromatic N) is 4. The molecule has 0 atom stereocenters. The van der Waals surface area contributed by atoms with E-state index in [2.05, 4.69) is 44.3 Å². The first-order valence-electron chi connectivity index (χ1n) is 8.91. The number of hydrogen-bond acceptors (Lipinski definition) is 6. The van der Waals surface area contributed by atoms with E-state index in [-0.39, 0.29) is 5.91 Å². The zero-order chi connectivity index (χ0) is 18.8. The van der Waals surface area contributed by atoms with Crippen LogP contribution in [-0.4, -0.2) is 59.2 Å². The molecule has 4 rings (SSSR count). The molecule has 0 aromatic carbocycles. The Morgan fingerprint density at radius 3 is 2.67 bits per heavy atom. The zero-order valence-corrected chi connectivity index (χ0v) is 16.2. The number of hydrogen-bond donors (Lipinski definition) is 2. The molecule has 140 valence electrons. The van der Waals surface area contributed by atoms with E-state index in [0.717, 1.165) is 42.4 Å². The number of aromatic amines is 1. The number of aromatic nitrogens is 3. The molecule has 0 aliphatic carbocycles. The van der Waals surface area contributed by atoms with E-state index in [4.69, 9.17) is 0 Å². The summed E-state index contributed by atoms with van der Waals surface area (Å²) in [5.41, 5.74) is 2.27. The van der Waals surface area contributed by atoms with Gasteiger partial charge in [0.05, 0.1) is 22.5 Å². The highest BCUT2D eigenvalue weighted by Gasteiger charge is 2.16. The maximum Gasteiger partial charge on any atom is 0.277 e. The molecule has 1 aliphatic heterocycles. The third-order valence-corrected chi connectivity index (χ3v) is 5.71. The topological polar surface area (TPSA) is 77.2 Å². The lowest BCUT2D eigenvalue weighted by Crippen LogP contribution is -2.44. The van der Waals surface area contributed by atoms with Gasteiger partial charge in [0.2, 0.25) is 0 Å². The van der Waals surface area contributed by atoms with Crippen molar-refractivity contribution in [3.8, 4) is 10.6 Å². The average molecular weight is 382 g/mol. The van der Waals surface area contributed by atoms with E-state index in [1.165, 1.54) is 4.88 Å². The van der Waals surface area contributed by atoms with Gasteiger partial charge in [-0.05, 0) is 44.3 Å². The van der Waals surface area contributed by atoms with Crippen LogP contribution in [0, 0.1) is 6.92 Å². The highest BCUT2D eigenvalue weighted by Crippen LogP contribution is 2.26. The van der Waals surface area contributed by atoms with Crippen LogP contribution >= 0.6 is 11.3 Å². The van der Waals surface area contributed by atoms with Gasteiger partial charge in [0.1, 0.15) is 5.82 Å². The molecular weight excluding hydrogens is 360 g/mol. The molecule has 0 unspecified atom stereocenters. The molecule has 1 amide bonds. The fourth-order valence-electron chi connectivity index (χ4n) is 3.04. The Balaban J connectivity index is 1.40. The summed E-state index contributed by atoms with van der Waals surface area (Å²) < 4.78 is 0. The molecule has 3 aromatic heterocycles. The van der Waals surface area contributed by atoms with Gasteiger partial charge in [0, 0.05) is 31.1 Å². The van der Waals surface area contributed by atoms with Gasteiger partial charge < -0.3 is 15.1 Å². The Hall–Kier alpha value is -2.71. The molecule has 27 heavy (non-hydrogen) atoms. The van der Waals surface area contributed by atoms with Crippen LogP contribution in [0.1, 0.15) is 15.4 Å². The van der Waals surface area contributed by atoms with Gasteiger partial charge in [-0.25, -0.2) is 4.98 Å². The number of thiophene rings is 1. The van der Waals surface area contributed by atoms with Crippen LogP contribution in [0.5, 0.6) is 0 Å². The van der Waals surface area contributed by atoms with Crippen molar-refractivity contribution in [2.45, 2.75) is 6.92 Å². The molecule has 8 heteroatoms. The van der Waals surface area contributed by atoms with Gasteiger partial charge >= 0.3 is 0 Å². The second-order valence-electron chi connectivity index (χ2n) is 6.72. The number of carbonyl (C=O) groups is 1. The number of H-pyrrole nitrogens is 1. The van der Waals surface area contributed by atoms with E-state index < -0.39 is 0 Å². The molecule has 0 saturated carbocycles. The molecule has 1 saturated heterocycles. The van der Waals surface area contributed by atoms with Crippen molar-refractivity contribution in [3.05, 3.63) is 47.1 Å². The number of amides is 1. The van der Waals surface area contributed by atoms with Gasteiger partial charge in [0.25, 0.3) is 5.91 Å². The minimum Gasteiger partial charge on any atom is -0.368 e. The van der Waals surface area contributed by atoms with E-state index in [9.17, 15) is 4.79 Å². The predicted octanol–water partition coefficient (Wildman–Crippen LogP) is 2.85. The maximum atomic E-state index is 12.4. The zero-order valence-electron chi connectivity index (χ0n) is 15.4. The van der Waals surface area contributed by atoms with E-state index in [0.29, 0.717) is 11.5 Å². The fraction of sp³-hybridized carbons (Fsp3) is 0.316. The second-order valence-corrected chi connectivity index (χ2v) is 8.01. The summed E-state index contributed by atoms with van der Waals surface area (Å²) in [6.07, 6.45) is 1.81. The number of anilines is 2. The highest BCUT2D eigenvalue weighted by molar-refractivity contribution is 7.15. The Labute approximate surface area is 162 Å². The largest absolute Gasteiger partial charge is 0.368 e. The lowest BCUT2D eigenvalue weighted by molar-refractivity contribution is 0.102. The molecular formula is C19H22N6OS. The van der Waals surface area contributed by atoms with Crippen molar-refractivity contribution >= 4 is 28.7 Å². The van der Waals surface area contributed by atoms with E-state index >= 15 is 0 Å². The fourth-order valence-corrected chi connectivity index (χ4v) is 3.87. The number of nitrogens with one attached hydrogen (secondary N) is 2. The number of likely N-dealkylation sites (N-methyl/N-ethyl adjacent to an activating group) is 1. The highest BCUT2D eigenvalue weighted by atomic mass is 32.1. The number of carbonyl (C=O) groups excluding carboxylic acids is 1. The molecule has 0 spiro atoms. The first-order chi connectivity index (χ1) is 13.1. The van der Waals surface area contributed by atoms with Crippen molar-refractivity contribution in [1.82, 2.24) is 20.1 Å². The molecule has 4 heterocycles. The predicted molar refractivity (Wildman–Crippen MR) is 109 cm³/mol. The van der Waals surface area contributed by atoms with Crippen LogP contribution in [0.3, 0.4) is 0 Å². The minimum atomic E-state index is -0.273. The van der Waals surface area contributed by atoms with Crippen molar-refractivity contribution in [2.24, 2.45) is 0 Å². The number of rotatable bonds is 4. The monoisotopic (exact) mass is 382 g/mol. The number of aryl methyl sites for hydroxylation is 1. The lowest BCUT2D eigenvalue weighted by Gasteiger charge is -2.33. The standard InChI is InChI=1S/C19H22N6OS/c1-13-3-5-17(27-13)15-11-16(23-22-15)19(26)21-18-6-4-14(12-20-18)25-9-7-24(2)8-10-25/h3-6,11-12H,7-10H2,1-2H3,(H,22,23)(H,20,21,26). The van der Waals surface area contributed by atoms with Crippen molar-refractivity contribution < 1.29 is 4.79 Å². The Kier molecular flexibility index (Phi) is 4.91. The Morgan fingerprint density at radius 2 is 2.00 bits per heavy atom. The van der Waals surface area contributed by atoms with Crippen molar-refractivity contribution in [3.63, 3.8) is 0 Å². The minimum absolute atomic E-state index is 0.273. The SMILES string of the molecule is Cc1ccc(-c2cc(C(=O)Nc3ccc(N4CCN(C)CC4)cn3)n[nH]2)s1. The van der Waals surface area contributed by atoms with Crippen molar-refractivity contribution in [2.75, 3.05) is 43.4 Å². The molecule has 2 N–H and O–H groups in total. The summed E-state index contributed by atoms with van der Waals surface area (Å²) in [5.74, 6) is 0.250. The van der Waals surface area contributed by atoms with Gasteiger partial charge in [-0.2, -0.15) is 5.10 Å². The third kappa shape index (κ3) is 4.01. The number of pyridine rings is 1. The van der Waals surface area contributed by atoms with Crippen LogP contribution in [0.4, 0.5) is 11.5 Å². The summed E-state index contributed by atoms with van der Waals surface area (Å²) in [5, 5.41) is 9.86. The van der Waals surface area contributed by atoms with Gasteiger partial charge in [-0.15, -0.1) is 11.3 Å². The smallest absolute Gasteiger partial charge is 0.277 e. The van der Waals surface area contributed by atoms with Gasteiger partial charge in [0.15, 0.2) is 5.69 Å². The summed E-state index contributed by atoms with van der Waals surface area (Å²) >= 11 is 1.66. The maximum absolute atomic E-state index is 12.4. The van der Waals surface area contributed by atoms with E-state index in [1.807, 2.05) is 30.5 Å². The first-order valence-corrected chi connectivity index (χ1v) is 9.73. The summed E-state index contributed by atoms with van der Waals surface area (Å²) in [6.45, 7) is 6.12. The normalized spacial score (nSPS) is 15.1. The summed E-state index contributed by atoms with van der Waals surface area (Å²) in [7, 11) is 2.13. The molecule has 0 bridgehead atoms. The average Bonchev–Trinajstić information content (AvgIpc) is 3.32. The molecule has 0 radical (unpaired) electrons. The van der Waals surface area contributed by atoms with Crippen LogP contribution in [-0.2, 0) is 0 Å². The van der Waals surface area contributed by atoms with Crippen molar-refractivity contribution in [1.29, 1.82) is 0 Å². The summed E-state index contributed by atoms with van der Waals surface area (Å²) in [6, 6.07) is 9.67. The molecule has 3 aromatic rings. The van der Waals surface area contributed by atoms with Crippen LogP contribution in [0.2, 0.25) is 0 Å². The van der Waals surface area contributed by atoms with Crippen LogP contribution in [0.15, 0.2) is 36.5 Å². The lowest BCUT2D eigenvalue weighted by atomic mass is 10.3. The van der Waals surface area contributed by atoms with Crippen LogP contribution in [0.25, 0.3) is 10.6 Å². The first kappa shape index (κ1) is 17.7. The molecule has 1 aliphatic rings. The van der Waals surface area contributed by atoms with Gasteiger partial charge in [-0.1, -0.05) is 0 Å². The Bertz CT molecular complexity index is 924. The summed E-state index contributed by atoms with van der Waals surface area (Å²) in [4.78, 5) is 23.7. The Morgan fingerprint density at radius 1 is 1.19 bits per heavy atom. The number of piperazine rings is 1. The third-order valence-electron chi connectivity index (χ3n) is 4.67. The molecule has 1 fully saturated rings. The van der Waals surface area contributed by atoms with Crippen LogP contribution < -0.4 is 10.2 Å². The molecule has 7 nitrogen and oxygen atoms in total. The quantitative estimate of drug-likeness (QED) is 0.726. The second kappa shape index (κ2) is 7.50.